The van der Waals surface area contributed by atoms with Crippen LogP contribution < -0.4 is 5.32 Å². The van der Waals surface area contributed by atoms with Crippen molar-refractivity contribution in [3.05, 3.63) is 34.1 Å². The van der Waals surface area contributed by atoms with Crippen LogP contribution in [0.5, 0.6) is 0 Å². The summed E-state index contributed by atoms with van der Waals surface area (Å²) in [7, 11) is 0. The molecular formula is C11H11BrFNO2. The topological polar surface area (TPSA) is 46.2 Å². The van der Waals surface area contributed by atoms with E-state index in [4.69, 9.17) is 0 Å². The lowest BCUT2D eigenvalue weighted by Gasteiger charge is -2.11. The Kier molecular flexibility index (Phi) is 4.18. The van der Waals surface area contributed by atoms with Gasteiger partial charge >= 0.3 is 0 Å². The van der Waals surface area contributed by atoms with Gasteiger partial charge in [0.15, 0.2) is 5.78 Å². The number of hydrogen-bond donors (Lipinski definition) is 1. The average molecular weight is 288 g/mol. The average Bonchev–Trinajstić information content (AvgIpc) is 2.21. The van der Waals surface area contributed by atoms with Crippen molar-refractivity contribution >= 4 is 27.6 Å². The molecule has 1 rings (SSSR count). The van der Waals surface area contributed by atoms with Crippen LogP contribution in [0.25, 0.3) is 0 Å². The minimum Gasteiger partial charge on any atom is -0.342 e. The molecule has 0 saturated carbocycles. The Morgan fingerprint density at radius 1 is 1.44 bits per heavy atom. The molecule has 0 aliphatic rings. The van der Waals surface area contributed by atoms with Crippen molar-refractivity contribution in [1.82, 2.24) is 5.32 Å². The fraction of sp³-hybridized carbons (Fsp3) is 0.273. The van der Waals surface area contributed by atoms with Gasteiger partial charge in [0.05, 0.1) is 16.1 Å². The van der Waals surface area contributed by atoms with Crippen molar-refractivity contribution in [2.45, 2.75) is 19.9 Å². The largest absolute Gasteiger partial charge is 0.342 e. The predicted molar refractivity (Wildman–Crippen MR) is 61.7 cm³/mol. The van der Waals surface area contributed by atoms with E-state index in [0.29, 0.717) is 0 Å². The molecule has 0 bridgehead atoms. The van der Waals surface area contributed by atoms with E-state index in [0.717, 1.165) is 0 Å². The highest BCUT2D eigenvalue weighted by Gasteiger charge is 2.16. The maximum atomic E-state index is 13.1. The maximum absolute atomic E-state index is 13.1. The summed E-state index contributed by atoms with van der Waals surface area (Å²) in [6.45, 7) is 2.96. The number of Topliss-reactive ketones (excluding diaryl/α,β-unsaturated/α-hetero) is 1. The number of hydrogen-bond acceptors (Lipinski definition) is 2. The first kappa shape index (κ1) is 12.8. The lowest BCUT2D eigenvalue weighted by Crippen LogP contribution is -2.37. The molecule has 0 aliphatic heterocycles. The number of carbonyl (C=O) groups excluding carboxylic acids is 2. The first-order valence-electron chi connectivity index (χ1n) is 4.68. The summed E-state index contributed by atoms with van der Waals surface area (Å²) in [5, 5.41) is 2.48. The Balaban J connectivity index is 2.89. The van der Waals surface area contributed by atoms with E-state index in [2.05, 4.69) is 21.2 Å². The maximum Gasteiger partial charge on any atom is 0.253 e. The van der Waals surface area contributed by atoms with E-state index in [1.54, 1.807) is 6.92 Å². The fourth-order valence-corrected chi connectivity index (χ4v) is 1.50. The van der Waals surface area contributed by atoms with Gasteiger partial charge < -0.3 is 5.32 Å². The van der Waals surface area contributed by atoms with Crippen molar-refractivity contribution in [1.29, 1.82) is 0 Å². The molecule has 16 heavy (non-hydrogen) atoms. The van der Waals surface area contributed by atoms with Crippen molar-refractivity contribution in [3.8, 4) is 0 Å². The van der Waals surface area contributed by atoms with E-state index in [1.165, 1.54) is 25.1 Å². The smallest absolute Gasteiger partial charge is 0.253 e. The Morgan fingerprint density at radius 3 is 2.62 bits per heavy atom. The Labute approximate surface area is 101 Å². The highest BCUT2D eigenvalue weighted by molar-refractivity contribution is 9.10. The highest BCUT2D eigenvalue weighted by Crippen LogP contribution is 2.20. The molecule has 1 amide bonds. The number of benzene rings is 1. The molecule has 0 radical (unpaired) electrons. The third kappa shape index (κ3) is 2.88. The zero-order valence-electron chi connectivity index (χ0n) is 8.88. The van der Waals surface area contributed by atoms with Crippen LogP contribution in [0, 0.1) is 5.82 Å². The lowest BCUT2D eigenvalue weighted by atomic mass is 10.1. The van der Waals surface area contributed by atoms with Crippen molar-refractivity contribution in [3.63, 3.8) is 0 Å². The van der Waals surface area contributed by atoms with E-state index in [-0.39, 0.29) is 15.8 Å². The van der Waals surface area contributed by atoms with E-state index in [9.17, 15) is 14.0 Å². The van der Waals surface area contributed by atoms with Gasteiger partial charge in [0, 0.05) is 0 Å². The molecule has 3 nitrogen and oxygen atoms in total. The molecule has 1 unspecified atom stereocenters. The molecule has 0 heterocycles. The van der Waals surface area contributed by atoms with Crippen molar-refractivity contribution in [2.24, 2.45) is 0 Å². The van der Waals surface area contributed by atoms with Gasteiger partial charge in [-0.2, -0.15) is 0 Å². The van der Waals surface area contributed by atoms with Gasteiger partial charge in [0.2, 0.25) is 0 Å². The minimum atomic E-state index is -0.581. The molecule has 0 aromatic heterocycles. The zero-order valence-corrected chi connectivity index (χ0v) is 10.5. The number of carbonyl (C=O) groups is 2. The van der Waals surface area contributed by atoms with E-state index in [1.807, 2.05) is 0 Å². The highest BCUT2D eigenvalue weighted by atomic mass is 79.9. The second kappa shape index (κ2) is 5.21. The van der Waals surface area contributed by atoms with Gasteiger partial charge in [-0.1, -0.05) is 6.07 Å². The minimum absolute atomic E-state index is 0.100. The summed E-state index contributed by atoms with van der Waals surface area (Å²) < 4.78 is 13.2. The third-order valence-electron chi connectivity index (χ3n) is 2.15. The fourth-order valence-electron chi connectivity index (χ4n) is 1.06. The number of rotatable bonds is 3. The summed E-state index contributed by atoms with van der Waals surface area (Å²) in [4.78, 5) is 22.6. The summed E-state index contributed by atoms with van der Waals surface area (Å²) in [5.41, 5.74) is 0.174. The van der Waals surface area contributed by atoms with Crippen LogP contribution in [0.15, 0.2) is 22.7 Å². The van der Waals surface area contributed by atoms with E-state index >= 15 is 0 Å². The number of halogens is 2. The molecule has 86 valence electrons. The molecule has 0 saturated heterocycles. The van der Waals surface area contributed by atoms with Crippen LogP contribution >= 0.6 is 15.9 Å². The quantitative estimate of drug-likeness (QED) is 0.927. The first-order chi connectivity index (χ1) is 7.43. The molecular weight excluding hydrogens is 277 g/mol. The van der Waals surface area contributed by atoms with Crippen LogP contribution in [-0.4, -0.2) is 17.7 Å². The summed E-state index contributed by atoms with van der Waals surface area (Å²) in [6.07, 6.45) is 0. The second-order valence-corrected chi connectivity index (χ2v) is 4.20. The van der Waals surface area contributed by atoms with Gasteiger partial charge in [-0.25, -0.2) is 4.39 Å². The van der Waals surface area contributed by atoms with Gasteiger partial charge in [-0.3, -0.25) is 9.59 Å². The Hall–Kier alpha value is -1.23. The van der Waals surface area contributed by atoms with Gasteiger partial charge in [0.25, 0.3) is 5.91 Å². The van der Waals surface area contributed by atoms with Crippen LogP contribution in [0.1, 0.15) is 24.2 Å². The molecule has 1 N–H and O–H groups in total. The second-order valence-electron chi connectivity index (χ2n) is 3.41. The summed E-state index contributed by atoms with van der Waals surface area (Å²) in [6, 6.07) is 3.58. The van der Waals surface area contributed by atoms with Crippen LogP contribution in [0.4, 0.5) is 4.39 Å². The van der Waals surface area contributed by atoms with Crippen molar-refractivity contribution in [2.75, 3.05) is 0 Å². The molecule has 0 fully saturated rings. The Bertz CT molecular complexity index is 434. The normalized spacial score (nSPS) is 12.0. The zero-order chi connectivity index (χ0) is 12.3. The molecule has 5 heteroatoms. The van der Waals surface area contributed by atoms with E-state index < -0.39 is 17.8 Å². The molecule has 0 spiro atoms. The molecule has 1 aromatic carbocycles. The number of ketones is 1. The van der Waals surface area contributed by atoms with Crippen LogP contribution in [0.2, 0.25) is 0 Å². The molecule has 1 atom stereocenters. The summed E-state index contributed by atoms with van der Waals surface area (Å²) in [5.74, 6) is -1.14. The third-order valence-corrected chi connectivity index (χ3v) is 2.96. The van der Waals surface area contributed by atoms with Gasteiger partial charge in [-0.05, 0) is 41.9 Å². The lowest BCUT2D eigenvalue weighted by molar-refractivity contribution is -0.118. The Morgan fingerprint density at radius 2 is 2.06 bits per heavy atom. The standard InChI is InChI=1S/C11H11BrFNO2/c1-6(7(2)15)14-11(16)8-4-3-5-9(13)10(8)12/h3-6H,1-2H3,(H,14,16). The first-order valence-corrected chi connectivity index (χ1v) is 5.48. The molecule has 0 aliphatic carbocycles. The molecule has 1 aromatic rings. The monoisotopic (exact) mass is 287 g/mol. The number of nitrogens with one attached hydrogen (secondary N) is 1. The summed E-state index contributed by atoms with van der Waals surface area (Å²) >= 11 is 2.99. The van der Waals surface area contributed by atoms with Crippen LogP contribution in [-0.2, 0) is 4.79 Å². The van der Waals surface area contributed by atoms with Crippen molar-refractivity contribution < 1.29 is 14.0 Å². The predicted octanol–water partition coefficient (Wildman–Crippen LogP) is 2.30. The number of amides is 1. The van der Waals surface area contributed by atoms with Crippen LogP contribution in [0.3, 0.4) is 0 Å². The van der Waals surface area contributed by atoms with Gasteiger partial charge in [0.1, 0.15) is 5.82 Å². The van der Waals surface area contributed by atoms with Gasteiger partial charge in [-0.15, -0.1) is 0 Å². The SMILES string of the molecule is CC(=O)C(C)NC(=O)c1cccc(F)c1Br.